The number of rotatable bonds is 7. The van der Waals surface area contributed by atoms with E-state index in [0.29, 0.717) is 13.2 Å². The van der Waals surface area contributed by atoms with Crippen molar-refractivity contribution in [2.24, 2.45) is 0 Å². The Morgan fingerprint density at radius 3 is 2.65 bits per heavy atom. The molecular formula is C18H27NO4. The molecule has 2 rings (SSSR count). The van der Waals surface area contributed by atoms with Gasteiger partial charge in [0.15, 0.2) is 0 Å². The number of anilines is 1. The summed E-state index contributed by atoms with van der Waals surface area (Å²) in [5.74, 6) is 0.616. The van der Waals surface area contributed by atoms with E-state index in [4.69, 9.17) is 14.2 Å². The first kappa shape index (κ1) is 17.8. The van der Waals surface area contributed by atoms with Crippen LogP contribution in [0.5, 0.6) is 5.75 Å². The van der Waals surface area contributed by atoms with Crippen LogP contribution in [0.3, 0.4) is 0 Å². The molecule has 1 aromatic rings. The predicted molar refractivity (Wildman–Crippen MR) is 89.9 cm³/mol. The van der Waals surface area contributed by atoms with E-state index >= 15 is 0 Å². The highest BCUT2D eigenvalue weighted by Crippen LogP contribution is 2.20. The molecule has 1 aromatic carbocycles. The van der Waals surface area contributed by atoms with Gasteiger partial charge >= 0.3 is 0 Å². The van der Waals surface area contributed by atoms with Crippen molar-refractivity contribution in [2.75, 3.05) is 25.1 Å². The maximum atomic E-state index is 12.2. The largest absolute Gasteiger partial charge is 0.491 e. The van der Waals surface area contributed by atoms with E-state index in [-0.39, 0.29) is 12.0 Å². The smallest absolute Gasteiger partial charge is 0.256 e. The van der Waals surface area contributed by atoms with Crippen molar-refractivity contribution >= 4 is 11.6 Å². The maximum Gasteiger partial charge on any atom is 0.256 e. The lowest BCUT2D eigenvalue weighted by Crippen LogP contribution is -2.39. The molecule has 0 saturated carbocycles. The van der Waals surface area contributed by atoms with E-state index in [1.54, 1.807) is 13.8 Å². The quantitative estimate of drug-likeness (QED) is 0.836. The van der Waals surface area contributed by atoms with Gasteiger partial charge in [-0.25, -0.2) is 0 Å². The number of amides is 1. The summed E-state index contributed by atoms with van der Waals surface area (Å²) in [5, 5.41) is 2.86. The molecule has 128 valence electrons. The van der Waals surface area contributed by atoms with E-state index in [2.05, 4.69) is 5.32 Å². The zero-order chi connectivity index (χ0) is 16.7. The molecule has 1 saturated heterocycles. The van der Waals surface area contributed by atoms with Crippen molar-refractivity contribution < 1.29 is 19.0 Å². The SMILES string of the molecule is CCOC(C)(C)C(=O)Nc1ccc(OCC2CCCCO2)cc1. The van der Waals surface area contributed by atoms with Gasteiger partial charge in [0.05, 0.1) is 6.10 Å². The number of ether oxygens (including phenoxy) is 3. The van der Waals surface area contributed by atoms with Crippen LogP contribution < -0.4 is 10.1 Å². The highest BCUT2D eigenvalue weighted by Gasteiger charge is 2.27. The molecule has 0 radical (unpaired) electrons. The number of carbonyl (C=O) groups is 1. The van der Waals surface area contributed by atoms with Gasteiger partial charge in [-0.3, -0.25) is 4.79 Å². The van der Waals surface area contributed by atoms with Crippen LogP contribution in [0.25, 0.3) is 0 Å². The average Bonchev–Trinajstić information content (AvgIpc) is 2.55. The molecule has 1 heterocycles. The lowest BCUT2D eigenvalue weighted by molar-refractivity contribution is -0.136. The molecule has 1 N–H and O–H groups in total. The minimum Gasteiger partial charge on any atom is -0.491 e. The highest BCUT2D eigenvalue weighted by molar-refractivity contribution is 5.96. The van der Waals surface area contributed by atoms with Gasteiger partial charge in [0, 0.05) is 18.9 Å². The molecule has 5 nitrogen and oxygen atoms in total. The van der Waals surface area contributed by atoms with E-state index in [1.807, 2.05) is 31.2 Å². The van der Waals surface area contributed by atoms with Crippen molar-refractivity contribution in [1.82, 2.24) is 0 Å². The number of nitrogens with one attached hydrogen (secondary N) is 1. The molecule has 1 aliphatic rings. The second kappa shape index (κ2) is 8.31. The Labute approximate surface area is 138 Å². The Morgan fingerprint density at radius 1 is 1.30 bits per heavy atom. The minimum atomic E-state index is -0.845. The Balaban J connectivity index is 1.83. The molecule has 5 heteroatoms. The zero-order valence-electron chi connectivity index (χ0n) is 14.3. The molecule has 23 heavy (non-hydrogen) atoms. The summed E-state index contributed by atoms with van der Waals surface area (Å²) in [5.41, 5.74) is -0.119. The van der Waals surface area contributed by atoms with Gasteiger partial charge in [0.2, 0.25) is 0 Å². The number of carbonyl (C=O) groups excluding carboxylic acids is 1. The third-order valence-electron chi connectivity index (χ3n) is 3.87. The summed E-state index contributed by atoms with van der Waals surface area (Å²) in [6.07, 6.45) is 3.59. The molecule has 1 amide bonds. The number of hydrogen-bond donors (Lipinski definition) is 1. The first-order valence-electron chi connectivity index (χ1n) is 8.31. The minimum absolute atomic E-state index is 0.163. The topological polar surface area (TPSA) is 56.8 Å². The van der Waals surface area contributed by atoms with Gasteiger partial charge in [0.1, 0.15) is 18.0 Å². The van der Waals surface area contributed by atoms with Gasteiger partial charge in [0.25, 0.3) is 5.91 Å². The van der Waals surface area contributed by atoms with Crippen molar-refractivity contribution in [3.05, 3.63) is 24.3 Å². The van der Waals surface area contributed by atoms with Crippen LogP contribution in [0.2, 0.25) is 0 Å². The van der Waals surface area contributed by atoms with Gasteiger partial charge < -0.3 is 19.5 Å². The Kier molecular flexibility index (Phi) is 6.42. The Bertz CT molecular complexity index is 492. The Hall–Kier alpha value is -1.59. The Morgan fingerprint density at radius 2 is 2.04 bits per heavy atom. The van der Waals surface area contributed by atoms with Gasteiger partial charge in [-0.15, -0.1) is 0 Å². The van der Waals surface area contributed by atoms with Crippen LogP contribution in [0.4, 0.5) is 5.69 Å². The van der Waals surface area contributed by atoms with Gasteiger partial charge in [-0.2, -0.15) is 0 Å². The molecule has 0 aromatic heterocycles. The summed E-state index contributed by atoms with van der Waals surface area (Å²) in [7, 11) is 0. The van der Waals surface area contributed by atoms with Crippen molar-refractivity contribution in [3.8, 4) is 5.75 Å². The van der Waals surface area contributed by atoms with E-state index in [0.717, 1.165) is 30.9 Å². The van der Waals surface area contributed by atoms with Crippen molar-refractivity contribution in [1.29, 1.82) is 0 Å². The first-order chi connectivity index (χ1) is 11.0. The fourth-order valence-corrected chi connectivity index (χ4v) is 2.47. The molecule has 1 atom stereocenters. The van der Waals surface area contributed by atoms with Crippen LogP contribution in [-0.2, 0) is 14.3 Å². The molecule has 1 fully saturated rings. The van der Waals surface area contributed by atoms with Crippen molar-refractivity contribution in [2.45, 2.75) is 51.7 Å². The number of hydrogen-bond acceptors (Lipinski definition) is 4. The second-order valence-electron chi connectivity index (χ2n) is 6.22. The van der Waals surface area contributed by atoms with E-state index in [1.165, 1.54) is 6.42 Å². The van der Waals surface area contributed by atoms with Crippen LogP contribution in [0.1, 0.15) is 40.0 Å². The fraction of sp³-hybridized carbons (Fsp3) is 0.611. The van der Waals surface area contributed by atoms with Crippen LogP contribution >= 0.6 is 0 Å². The third kappa shape index (κ3) is 5.52. The monoisotopic (exact) mass is 321 g/mol. The lowest BCUT2D eigenvalue weighted by atomic mass is 10.1. The van der Waals surface area contributed by atoms with Gasteiger partial charge in [-0.05, 0) is 64.3 Å². The standard InChI is InChI=1S/C18H27NO4/c1-4-23-18(2,3)17(20)19-14-8-10-15(11-9-14)22-13-16-7-5-6-12-21-16/h8-11,16H,4-7,12-13H2,1-3H3,(H,19,20). The average molecular weight is 321 g/mol. The summed E-state index contributed by atoms with van der Waals surface area (Å²) in [4.78, 5) is 12.2. The fourth-order valence-electron chi connectivity index (χ4n) is 2.47. The molecule has 0 spiro atoms. The van der Waals surface area contributed by atoms with Crippen LogP contribution in [-0.4, -0.2) is 37.4 Å². The summed E-state index contributed by atoms with van der Waals surface area (Å²) in [6, 6.07) is 7.37. The normalized spacial score (nSPS) is 18.5. The van der Waals surface area contributed by atoms with Gasteiger partial charge in [-0.1, -0.05) is 0 Å². The predicted octanol–water partition coefficient (Wildman–Crippen LogP) is 3.39. The number of benzene rings is 1. The second-order valence-corrected chi connectivity index (χ2v) is 6.22. The van der Waals surface area contributed by atoms with E-state index in [9.17, 15) is 4.79 Å². The van der Waals surface area contributed by atoms with Crippen molar-refractivity contribution in [3.63, 3.8) is 0 Å². The molecule has 1 unspecified atom stereocenters. The lowest BCUT2D eigenvalue weighted by Gasteiger charge is -2.23. The molecule has 0 bridgehead atoms. The summed E-state index contributed by atoms with van der Waals surface area (Å²) >= 11 is 0. The van der Waals surface area contributed by atoms with Crippen LogP contribution in [0, 0.1) is 0 Å². The molecule has 0 aliphatic carbocycles. The highest BCUT2D eigenvalue weighted by atomic mass is 16.5. The maximum absolute atomic E-state index is 12.2. The van der Waals surface area contributed by atoms with Crippen LogP contribution in [0.15, 0.2) is 24.3 Å². The first-order valence-corrected chi connectivity index (χ1v) is 8.31. The third-order valence-corrected chi connectivity index (χ3v) is 3.87. The van der Waals surface area contributed by atoms with E-state index < -0.39 is 5.60 Å². The molecular weight excluding hydrogens is 294 g/mol. The summed E-state index contributed by atoms with van der Waals surface area (Å²) in [6.45, 7) is 7.28. The molecule has 1 aliphatic heterocycles. The zero-order valence-corrected chi connectivity index (χ0v) is 14.3. The summed E-state index contributed by atoms with van der Waals surface area (Å²) < 4.78 is 16.8.